The minimum atomic E-state index is -0.580. The van der Waals surface area contributed by atoms with Gasteiger partial charge < -0.3 is 5.11 Å². The molecule has 0 bridgehead atoms. The maximum Gasteiger partial charge on any atom is 0.310 e. The van der Waals surface area contributed by atoms with Crippen molar-refractivity contribution in [3.63, 3.8) is 0 Å². The number of aromatic nitrogens is 1. The predicted octanol–water partition coefficient (Wildman–Crippen LogP) is 1.51. The summed E-state index contributed by atoms with van der Waals surface area (Å²) in [5.41, 5.74) is -0.277. The number of hydrogen-bond donors (Lipinski definition) is 1. The number of nitrogens with zero attached hydrogens (tertiary/aromatic N) is 1. The normalized spacial score (nSPS) is 23.6. The van der Waals surface area contributed by atoms with E-state index < -0.39 is 6.10 Å². The summed E-state index contributed by atoms with van der Waals surface area (Å²) >= 11 is 1.07. The highest BCUT2D eigenvalue weighted by Gasteiger charge is 2.29. The molecular weight excluding hydrogens is 250 g/mol. The monoisotopic (exact) mass is 263 g/mol. The van der Waals surface area contributed by atoms with Gasteiger partial charge in [0.1, 0.15) is 0 Å². The molecule has 1 N–H and O–H groups in total. The lowest BCUT2D eigenvalue weighted by atomic mass is 10.2. The van der Waals surface area contributed by atoms with E-state index >= 15 is 0 Å². The van der Waals surface area contributed by atoms with E-state index in [1.54, 1.807) is 18.2 Å². The maximum absolute atomic E-state index is 12.3. The predicted molar refractivity (Wildman–Crippen MR) is 71.2 cm³/mol. The van der Waals surface area contributed by atoms with Crippen molar-refractivity contribution in [2.45, 2.75) is 31.4 Å². The molecule has 1 heterocycles. The van der Waals surface area contributed by atoms with Crippen LogP contribution in [0.25, 0.3) is 10.1 Å². The lowest BCUT2D eigenvalue weighted by molar-refractivity contribution is 0.134. The van der Waals surface area contributed by atoms with Gasteiger partial charge in [0, 0.05) is 4.70 Å². The van der Waals surface area contributed by atoms with E-state index in [0.717, 1.165) is 17.8 Å². The van der Waals surface area contributed by atoms with E-state index in [1.807, 2.05) is 6.07 Å². The summed E-state index contributed by atoms with van der Waals surface area (Å²) in [4.78, 5) is 24.1. The van der Waals surface area contributed by atoms with Crippen molar-refractivity contribution in [3.8, 4) is 0 Å². The Morgan fingerprint density at radius 1 is 1.22 bits per heavy atom. The first-order chi connectivity index (χ1) is 8.68. The highest BCUT2D eigenvalue weighted by molar-refractivity contribution is 7.16. The maximum atomic E-state index is 12.3. The summed E-state index contributed by atoms with van der Waals surface area (Å²) in [5.74, 6) is 0. The molecule has 0 unspecified atom stereocenters. The van der Waals surface area contributed by atoms with Crippen LogP contribution in [-0.2, 0) is 0 Å². The highest BCUT2D eigenvalue weighted by Crippen LogP contribution is 2.28. The van der Waals surface area contributed by atoms with Gasteiger partial charge in [-0.3, -0.25) is 14.2 Å². The van der Waals surface area contributed by atoms with Crippen LogP contribution in [0.2, 0.25) is 0 Å². The Labute approximate surface area is 107 Å². The van der Waals surface area contributed by atoms with Gasteiger partial charge in [-0.1, -0.05) is 23.5 Å². The molecule has 3 rings (SSSR count). The smallest absolute Gasteiger partial charge is 0.310 e. The fraction of sp³-hybridized carbons (Fsp3) is 0.385. The number of aliphatic hydroxyl groups is 1. The average Bonchev–Trinajstić information content (AvgIpc) is 2.76. The van der Waals surface area contributed by atoms with Gasteiger partial charge in [-0.15, -0.1) is 0 Å². The van der Waals surface area contributed by atoms with Crippen LogP contribution in [-0.4, -0.2) is 15.8 Å². The van der Waals surface area contributed by atoms with Crippen molar-refractivity contribution in [2.75, 3.05) is 0 Å². The van der Waals surface area contributed by atoms with Gasteiger partial charge in [-0.25, -0.2) is 0 Å². The van der Waals surface area contributed by atoms with Crippen LogP contribution in [0.3, 0.4) is 0 Å². The first-order valence-corrected chi connectivity index (χ1v) is 6.82. The second-order valence-electron chi connectivity index (χ2n) is 4.60. The third-order valence-corrected chi connectivity index (χ3v) is 4.45. The van der Waals surface area contributed by atoms with Crippen molar-refractivity contribution in [1.82, 2.24) is 4.57 Å². The number of hydrogen-bond acceptors (Lipinski definition) is 4. The van der Waals surface area contributed by atoms with Crippen LogP contribution in [0.4, 0.5) is 0 Å². The topological polar surface area (TPSA) is 59.3 Å². The van der Waals surface area contributed by atoms with Crippen LogP contribution in [0.1, 0.15) is 25.3 Å². The molecule has 0 saturated heterocycles. The number of benzene rings is 1. The van der Waals surface area contributed by atoms with Gasteiger partial charge in [0.15, 0.2) is 0 Å². The van der Waals surface area contributed by atoms with Gasteiger partial charge >= 0.3 is 4.87 Å². The third-order valence-electron chi connectivity index (χ3n) is 3.51. The number of aliphatic hydroxyl groups excluding tert-OH is 1. The Kier molecular flexibility index (Phi) is 2.80. The Morgan fingerprint density at radius 2 is 2.00 bits per heavy atom. The Morgan fingerprint density at radius 3 is 2.72 bits per heavy atom. The van der Waals surface area contributed by atoms with Crippen molar-refractivity contribution < 1.29 is 5.11 Å². The molecule has 0 radical (unpaired) electrons. The first kappa shape index (κ1) is 11.6. The average molecular weight is 263 g/mol. The molecule has 0 spiro atoms. The summed E-state index contributed by atoms with van der Waals surface area (Å²) in [6.07, 6.45) is 1.63. The fourth-order valence-electron chi connectivity index (χ4n) is 2.60. The van der Waals surface area contributed by atoms with Crippen LogP contribution >= 0.6 is 11.3 Å². The molecule has 2 atom stereocenters. The van der Waals surface area contributed by atoms with E-state index in [2.05, 4.69) is 0 Å². The molecule has 1 aliphatic carbocycles. The van der Waals surface area contributed by atoms with E-state index in [9.17, 15) is 14.7 Å². The third kappa shape index (κ3) is 1.71. The largest absolute Gasteiger partial charge is 0.391 e. The second-order valence-corrected chi connectivity index (χ2v) is 5.60. The zero-order valence-corrected chi connectivity index (χ0v) is 10.5. The van der Waals surface area contributed by atoms with Gasteiger partial charge in [0.2, 0.25) is 0 Å². The van der Waals surface area contributed by atoms with Crippen molar-refractivity contribution >= 4 is 21.4 Å². The molecule has 5 heteroatoms. The number of fused-ring (bicyclic) bond motifs is 1. The molecular formula is C13H13NO3S. The number of rotatable bonds is 1. The molecule has 1 fully saturated rings. The standard InChI is InChI=1S/C13H13NO3S/c15-10-6-3-5-9(10)14-12(16)8-4-1-2-7-11(8)18-13(14)17/h1-2,4,7,9-10,15H,3,5-6H2/t9-,10-/m0/s1. The lowest BCUT2D eigenvalue weighted by Gasteiger charge is -2.16. The van der Waals surface area contributed by atoms with Gasteiger partial charge in [0.25, 0.3) is 5.56 Å². The van der Waals surface area contributed by atoms with Crippen LogP contribution in [0, 0.1) is 0 Å². The summed E-state index contributed by atoms with van der Waals surface area (Å²) in [6.45, 7) is 0. The van der Waals surface area contributed by atoms with Gasteiger partial charge in [0.05, 0.1) is 17.5 Å². The molecule has 4 nitrogen and oxygen atoms in total. The van der Waals surface area contributed by atoms with Crippen molar-refractivity contribution in [2.24, 2.45) is 0 Å². The van der Waals surface area contributed by atoms with E-state index in [4.69, 9.17) is 0 Å². The van der Waals surface area contributed by atoms with Gasteiger partial charge in [-0.2, -0.15) is 0 Å². The lowest BCUT2D eigenvalue weighted by Crippen LogP contribution is -2.37. The molecule has 18 heavy (non-hydrogen) atoms. The fourth-order valence-corrected chi connectivity index (χ4v) is 3.51. The van der Waals surface area contributed by atoms with Crippen molar-refractivity contribution in [1.29, 1.82) is 0 Å². The van der Waals surface area contributed by atoms with E-state index in [-0.39, 0.29) is 16.5 Å². The minimum absolute atomic E-state index is 0.273. The quantitative estimate of drug-likeness (QED) is 0.848. The Balaban J connectivity index is 2.30. The first-order valence-electron chi connectivity index (χ1n) is 6.01. The SMILES string of the molecule is O=c1sc2ccccc2c(=O)n1[C@H]1CCC[C@@H]1O. The summed E-state index contributed by atoms with van der Waals surface area (Å²) in [5, 5.41) is 10.4. The van der Waals surface area contributed by atoms with E-state index in [0.29, 0.717) is 22.9 Å². The Hall–Kier alpha value is -1.46. The summed E-state index contributed by atoms with van der Waals surface area (Å²) < 4.78 is 1.95. The minimum Gasteiger partial charge on any atom is -0.391 e. The van der Waals surface area contributed by atoms with Crippen LogP contribution in [0.5, 0.6) is 0 Å². The highest BCUT2D eigenvalue weighted by atomic mass is 32.1. The molecule has 1 aliphatic rings. The van der Waals surface area contributed by atoms with Crippen molar-refractivity contribution in [3.05, 3.63) is 44.3 Å². The molecule has 1 saturated carbocycles. The zero-order valence-electron chi connectivity index (χ0n) is 9.70. The molecule has 1 aromatic heterocycles. The summed E-state index contributed by atoms with van der Waals surface area (Å²) in [6, 6.07) is 6.75. The molecule has 0 amide bonds. The zero-order chi connectivity index (χ0) is 12.7. The molecule has 0 aliphatic heterocycles. The van der Waals surface area contributed by atoms with Crippen LogP contribution in [0.15, 0.2) is 33.9 Å². The molecule has 94 valence electrons. The van der Waals surface area contributed by atoms with Crippen LogP contribution < -0.4 is 10.4 Å². The molecule has 1 aromatic carbocycles. The second kappa shape index (κ2) is 4.33. The van der Waals surface area contributed by atoms with Gasteiger partial charge in [-0.05, 0) is 31.4 Å². The summed E-state index contributed by atoms with van der Waals surface area (Å²) in [7, 11) is 0. The van der Waals surface area contributed by atoms with E-state index in [1.165, 1.54) is 4.57 Å². The Bertz CT molecular complexity index is 703. The molecule has 2 aromatic rings.